The average molecular weight is 522 g/mol. The standard InChI is InChI=1S/C28H43NO8/c1-8-19(5)14-25(30)36-23-11-10-21(17-24(23)37-26(31)15-20(6)9-2)16-22(28(33)34-7)29-12-13-35-27(32)18(3)4/h10-11,17-20,22,29H,8-9,12-16H2,1-7H3/t19?,20?,22-/m0/s1. The van der Waals surface area contributed by atoms with Gasteiger partial charge in [-0.15, -0.1) is 0 Å². The third-order valence-electron chi connectivity index (χ3n) is 6.01. The maximum atomic E-state index is 12.5. The number of hydrogen-bond donors (Lipinski definition) is 1. The number of methoxy groups -OCH3 is 1. The van der Waals surface area contributed by atoms with Crippen molar-refractivity contribution in [1.29, 1.82) is 0 Å². The SMILES string of the molecule is CCC(C)CC(=O)Oc1ccc(C[C@H](NCCOC(=O)C(C)C)C(=O)OC)cc1OC(=O)CC(C)CC. The van der Waals surface area contributed by atoms with Gasteiger partial charge in [0.1, 0.15) is 12.6 Å². The van der Waals surface area contributed by atoms with Crippen molar-refractivity contribution in [2.24, 2.45) is 17.8 Å². The van der Waals surface area contributed by atoms with Gasteiger partial charge >= 0.3 is 23.9 Å². The quantitative estimate of drug-likeness (QED) is 0.194. The van der Waals surface area contributed by atoms with Gasteiger partial charge in [-0.1, -0.05) is 60.5 Å². The fourth-order valence-electron chi connectivity index (χ4n) is 3.20. The first-order valence-electron chi connectivity index (χ1n) is 13.0. The van der Waals surface area contributed by atoms with Crippen LogP contribution in [0.15, 0.2) is 18.2 Å². The highest BCUT2D eigenvalue weighted by Crippen LogP contribution is 2.31. The summed E-state index contributed by atoms with van der Waals surface area (Å²) in [6.07, 6.45) is 2.34. The number of rotatable bonds is 16. The van der Waals surface area contributed by atoms with Crippen molar-refractivity contribution in [2.45, 2.75) is 79.7 Å². The van der Waals surface area contributed by atoms with Gasteiger partial charge in [-0.05, 0) is 36.0 Å². The monoisotopic (exact) mass is 521 g/mol. The van der Waals surface area contributed by atoms with Crippen molar-refractivity contribution < 1.29 is 38.1 Å². The summed E-state index contributed by atoms with van der Waals surface area (Å²) in [5.41, 5.74) is 0.662. The van der Waals surface area contributed by atoms with E-state index < -0.39 is 23.9 Å². The molecule has 9 nitrogen and oxygen atoms in total. The van der Waals surface area contributed by atoms with E-state index in [0.29, 0.717) is 5.56 Å². The lowest BCUT2D eigenvalue weighted by Crippen LogP contribution is -2.41. The molecule has 0 aliphatic heterocycles. The van der Waals surface area contributed by atoms with Crippen molar-refractivity contribution in [2.75, 3.05) is 20.3 Å². The molecule has 0 amide bonds. The van der Waals surface area contributed by atoms with E-state index in [1.165, 1.54) is 7.11 Å². The first-order valence-corrected chi connectivity index (χ1v) is 13.0. The zero-order valence-electron chi connectivity index (χ0n) is 23.3. The average Bonchev–Trinajstić information content (AvgIpc) is 2.86. The van der Waals surface area contributed by atoms with Gasteiger partial charge in [0.05, 0.1) is 13.0 Å². The minimum absolute atomic E-state index is 0.105. The smallest absolute Gasteiger partial charge is 0.323 e. The molecule has 1 rings (SSSR count). The third kappa shape index (κ3) is 12.2. The van der Waals surface area contributed by atoms with Crippen LogP contribution in [0.2, 0.25) is 0 Å². The fraction of sp³-hybridized carbons (Fsp3) is 0.643. The second-order valence-electron chi connectivity index (χ2n) is 9.72. The largest absolute Gasteiger partial charge is 0.468 e. The zero-order valence-corrected chi connectivity index (χ0v) is 23.3. The molecule has 0 aliphatic carbocycles. The summed E-state index contributed by atoms with van der Waals surface area (Å²) in [4.78, 5) is 48.9. The van der Waals surface area contributed by atoms with Gasteiger partial charge in [-0.25, -0.2) is 0 Å². The van der Waals surface area contributed by atoms with Gasteiger partial charge < -0.3 is 24.3 Å². The number of hydrogen-bond acceptors (Lipinski definition) is 9. The molecule has 0 radical (unpaired) electrons. The van der Waals surface area contributed by atoms with Crippen molar-refractivity contribution in [3.63, 3.8) is 0 Å². The molecule has 0 saturated heterocycles. The van der Waals surface area contributed by atoms with Crippen LogP contribution in [0.25, 0.3) is 0 Å². The summed E-state index contributed by atoms with van der Waals surface area (Å²) in [5, 5.41) is 3.04. The Labute approximate surface area is 220 Å². The highest BCUT2D eigenvalue weighted by Gasteiger charge is 2.22. The van der Waals surface area contributed by atoms with E-state index in [-0.39, 0.29) is 67.6 Å². The highest BCUT2D eigenvalue weighted by molar-refractivity contribution is 5.77. The Hall–Kier alpha value is -2.94. The second kappa shape index (κ2) is 16.7. The topological polar surface area (TPSA) is 117 Å². The Balaban J connectivity index is 3.05. The fourth-order valence-corrected chi connectivity index (χ4v) is 3.20. The molecule has 1 aromatic rings. The molecule has 0 bridgehead atoms. The molecule has 0 saturated carbocycles. The molecule has 0 heterocycles. The van der Waals surface area contributed by atoms with Gasteiger partial charge in [-0.2, -0.15) is 0 Å². The number of ether oxygens (including phenoxy) is 4. The third-order valence-corrected chi connectivity index (χ3v) is 6.01. The first-order chi connectivity index (χ1) is 17.5. The molecule has 9 heteroatoms. The molecule has 0 fully saturated rings. The summed E-state index contributed by atoms with van der Waals surface area (Å²) in [7, 11) is 1.29. The van der Waals surface area contributed by atoms with Crippen LogP contribution >= 0.6 is 0 Å². The van der Waals surface area contributed by atoms with Crippen LogP contribution in [0.3, 0.4) is 0 Å². The number of esters is 4. The summed E-state index contributed by atoms with van der Waals surface area (Å²) in [6, 6.07) is 4.13. The van der Waals surface area contributed by atoms with Crippen LogP contribution in [0.5, 0.6) is 11.5 Å². The predicted octanol–water partition coefficient (Wildman–Crippen LogP) is 4.24. The molecule has 0 aliphatic rings. The zero-order chi connectivity index (χ0) is 28.0. The molecule has 3 atom stereocenters. The number of nitrogens with one attached hydrogen (secondary N) is 1. The van der Waals surface area contributed by atoms with Gasteiger partial charge in [0.15, 0.2) is 11.5 Å². The van der Waals surface area contributed by atoms with Gasteiger partial charge in [0, 0.05) is 19.4 Å². The summed E-state index contributed by atoms with van der Waals surface area (Å²) in [5.74, 6) is -1.31. The summed E-state index contributed by atoms with van der Waals surface area (Å²) >= 11 is 0. The van der Waals surface area contributed by atoms with E-state index in [1.807, 2.05) is 27.7 Å². The van der Waals surface area contributed by atoms with E-state index in [2.05, 4.69) is 5.32 Å². The molecule has 37 heavy (non-hydrogen) atoms. The lowest BCUT2D eigenvalue weighted by Gasteiger charge is -2.18. The molecular weight excluding hydrogens is 478 g/mol. The Bertz CT molecular complexity index is 898. The second-order valence-corrected chi connectivity index (χ2v) is 9.72. The molecule has 1 N–H and O–H groups in total. The molecular formula is C28H43NO8. The van der Waals surface area contributed by atoms with Crippen LogP contribution < -0.4 is 14.8 Å². The number of carbonyl (C=O) groups is 4. The van der Waals surface area contributed by atoms with E-state index in [4.69, 9.17) is 18.9 Å². The molecule has 208 valence electrons. The van der Waals surface area contributed by atoms with Gasteiger partial charge in [0.25, 0.3) is 0 Å². The maximum Gasteiger partial charge on any atom is 0.323 e. The van der Waals surface area contributed by atoms with Gasteiger partial charge in [-0.3, -0.25) is 19.2 Å². The van der Waals surface area contributed by atoms with Crippen LogP contribution in [-0.4, -0.2) is 50.2 Å². The van der Waals surface area contributed by atoms with Crippen LogP contribution in [0.4, 0.5) is 0 Å². The Morgan fingerprint density at radius 1 is 0.838 bits per heavy atom. The van der Waals surface area contributed by atoms with Crippen LogP contribution in [-0.2, 0) is 35.1 Å². The lowest BCUT2D eigenvalue weighted by atomic mass is 10.0. The number of carbonyl (C=O) groups excluding carboxylic acids is 4. The van der Waals surface area contributed by atoms with E-state index in [1.54, 1.807) is 32.0 Å². The highest BCUT2D eigenvalue weighted by atomic mass is 16.6. The van der Waals surface area contributed by atoms with Crippen LogP contribution in [0.1, 0.15) is 72.8 Å². The Morgan fingerprint density at radius 3 is 1.92 bits per heavy atom. The van der Waals surface area contributed by atoms with Crippen molar-refractivity contribution in [3.05, 3.63) is 23.8 Å². The van der Waals surface area contributed by atoms with E-state index in [9.17, 15) is 19.2 Å². The molecule has 0 aromatic heterocycles. The first kappa shape index (κ1) is 32.1. The Kier molecular flexibility index (Phi) is 14.5. The number of benzene rings is 1. The maximum absolute atomic E-state index is 12.5. The minimum Gasteiger partial charge on any atom is -0.468 e. The van der Waals surface area contributed by atoms with Crippen LogP contribution in [0, 0.1) is 17.8 Å². The van der Waals surface area contributed by atoms with Crippen molar-refractivity contribution in [1.82, 2.24) is 5.32 Å². The molecule has 2 unspecified atom stereocenters. The van der Waals surface area contributed by atoms with Crippen molar-refractivity contribution in [3.8, 4) is 11.5 Å². The Morgan fingerprint density at radius 2 is 1.41 bits per heavy atom. The summed E-state index contributed by atoms with van der Waals surface area (Å²) < 4.78 is 21.2. The van der Waals surface area contributed by atoms with E-state index in [0.717, 1.165) is 12.8 Å². The molecule has 0 spiro atoms. The van der Waals surface area contributed by atoms with E-state index >= 15 is 0 Å². The predicted molar refractivity (Wildman–Crippen MR) is 139 cm³/mol. The van der Waals surface area contributed by atoms with Crippen molar-refractivity contribution >= 4 is 23.9 Å². The minimum atomic E-state index is -0.731. The lowest BCUT2D eigenvalue weighted by molar-refractivity contribution is -0.147. The summed E-state index contributed by atoms with van der Waals surface area (Å²) in [6.45, 7) is 11.7. The van der Waals surface area contributed by atoms with Gasteiger partial charge in [0.2, 0.25) is 0 Å². The normalized spacial score (nSPS) is 13.4. The molecule has 1 aromatic carbocycles.